The van der Waals surface area contributed by atoms with Gasteiger partial charge in [0.2, 0.25) is 0 Å². The second kappa shape index (κ2) is 37.5. The Balaban J connectivity index is 0.000000551. The van der Waals surface area contributed by atoms with Crippen LogP contribution in [-0.4, -0.2) is 73.7 Å². The number of aliphatic imine (C=N–C) groups is 2. The van der Waals surface area contributed by atoms with Gasteiger partial charge in [0.05, 0.1) is 13.2 Å². The third kappa shape index (κ3) is 27.0. The van der Waals surface area contributed by atoms with Gasteiger partial charge in [-0.1, -0.05) is 71.9 Å². The van der Waals surface area contributed by atoms with Gasteiger partial charge in [0.1, 0.15) is 11.5 Å². The van der Waals surface area contributed by atoms with Crippen LogP contribution in [0.3, 0.4) is 0 Å². The molecule has 12 nitrogen and oxygen atoms in total. The van der Waals surface area contributed by atoms with E-state index < -0.39 is 60.4 Å². The smallest absolute Gasteiger partial charge is 0.387 e. The standard InChI is InChI=1S/C21H18F5N3O3.C10H8BrF3O.C9H6F2O.C6H4BrFO.C4H5BrF2.C2H7N3/c1-29-18(30)21(28-20(29)27,12-4-7-14(8-5-12)32-19(25)26)13-6-9-15(22)16(11-13)31-10-2-3-17(23)24;11-7-3-4-8(12)9(6-7)15-5-1-2-10(13)14;1-2-7-3-5-8(6-4-7)12-9(10)11;7-4-1-2-5(8)6(9)3-4;5-3-1-2-4(6)7;1-5-2(3)4/h3-9,11,19H,2,10H2,1H3,(H2,27,28);2-4,6H,1,5H2;1,3-6,9H;1-3,9H;2H,1,3H2;1H3,(H4,3,4,5). The van der Waals surface area contributed by atoms with Crippen molar-refractivity contribution in [1.29, 1.82) is 0 Å². The molecule has 0 aliphatic carbocycles. The third-order valence-electron chi connectivity index (χ3n) is 9.15. The zero-order valence-electron chi connectivity index (χ0n) is 41.6. The van der Waals surface area contributed by atoms with Crippen molar-refractivity contribution < 1.29 is 85.9 Å². The molecule has 434 valence electrons. The van der Waals surface area contributed by atoms with Gasteiger partial charge in [0.25, 0.3) is 24.1 Å². The van der Waals surface area contributed by atoms with E-state index >= 15 is 0 Å². The minimum atomic E-state index is -3.03. The lowest BCUT2D eigenvalue weighted by Crippen LogP contribution is -2.41. The highest BCUT2D eigenvalue weighted by molar-refractivity contribution is 9.10. The Morgan fingerprint density at radius 3 is 1.49 bits per heavy atom. The number of phenolic OH excluding ortho intramolecular Hbond substituents is 1. The second-order valence-electron chi connectivity index (χ2n) is 14.7. The number of guanidine groups is 2. The average Bonchev–Trinajstić information content (AvgIpc) is 3.73. The van der Waals surface area contributed by atoms with Gasteiger partial charge in [0.15, 0.2) is 52.2 Å². The van der Waals surface area contributed by atoms with Crippen LogP contribution in [-0.2, 0) is 10.3 Å². The van der Waals surface area contributed by atoms with Crippen LogP contribution in [0.25, 0.3) is 0 Å². The van der Waals surface area contributed by atoms with Crippen molar-refractivity contribution in [3.63, 3.8) is 0 Å². The third-order valence-corrected chi connectivity index (χ3v) is 10.6. The van der Waals surface area contributed by atoms with Gasteiger partial charge in [-0.15, -0.1) is 6.42 Å². The molecule has 5 aromatic rings. The number of halogens is 16. The Morgan fingerprint density at radius 1 is 0.700 bits per heavy atom. The highest BCUT2D eigenvalue weighted by Crippen LogP contribution is 2.41. The number of alkyl halides is 5. The Morgan fingerprint density at radius 2 is 1.11 bits per heavy atom. The average molecular weight is 1340 g/mol. The van der Waals surface area contributed by atoms with Crippen LogP contribution in [0.5, 0.6) is 28.7 Å². The predicted molar refractivity (Wildman–Crippen MR) is 287 cm³/mol. The number of rotatable bonds is 16. The van der Waals surface area contributed by atoms with Crippen LogP contribution in [0.4, 0.5) is 57.1 Å². The Hall–Kier alpha value is -7.38. The number of phenols is 1. The number of terminal acetylenes is 1. The first-order valence-corrected chi connectivity index (χ1v) is 24.8. The lowest BCUT2D eigenvalue weighted by Gasteiger charge is -2.26. The fourth-order valence-corrected chi connectivity index (χ4v) is 6.46. The number of hydrogen-bond acceptors (Lipinski definition) is 9. The molecular weight excluding hydrogens is 1290 g/mol. The number of aromatic hydroxyl groups is 1. The van der Waals surface area contributed by atoms with E-state index in [1.165, 1.54) is 111 Å². The van der Waals surface area contributed by atoms with E-state index in [-0.39, 0.29) is 77.8 Å². The van der Waals surface area contributed by atoms with Crippen LogP contribution >= 0.6 is 47.8 Å². The molecule has 0 saturated carbocycles. The van der Waals surface area contributed by atoms with Crippen molar-refractivity contribution in [1.82, 2.24) is 4.90 Å². The SMILES string of the molecule is C#Cc1ccc(OC(F)F)cc1.CN1C(=O)C(c2ccc(OC(F)F)cc2)(c2ccc(F)c(OCCC=C(F)F)c2)N=C1N.CN=C(N)N.FC(F)=CCCBr.FC(F)=CCCOc1cc(Br)ccc1F.Oc1cc(Br)ccc1F. The van der Waals surface area contributed by atoms with Gasteiger partial charge in [0, 0.05) is 46.8 Å². The van der Waals surface area contributed by atoms with Crippen molar-refractivity contribution in [3.8, 4) is 41.1 Å². The van der Waals surface area contributed by atoms with Crippen LogP contribution in [0, 0.1) is 29.8 Å². The van der Waals surface area contributed by atoms with E-state index in [0.29, 0.717) is 32.3 Å². The molecule has 5 aromatic carbocycles. The van der Waals surface area contributed by atoms with Crippen molar-refractivity contribution in [3.05, 3.63) is 183 Å². The van der Waals surface area contributed by atoms with E-state index in [4.69, 9.17) is 38.2 Å². The molecule has 1 unspecified atom stereocenters. The van der Waals surface area contributed by atoms with E-state index in [2.05, 4.69) is 73.2 Å². The molecule has 0 bridgehead atoms. The summed E-state index contributed by atoms with van der Waals surface area (Å²) in [5, 5.41) is 9.30. The highest BCUT2D eigenvalue weighted by Gasteiger charge is 2.50. The quantitative estimate of drug-likeness (QED) is 0.0187. The molecule has 6 rings (SSSR count). The number of carbonyl (C=O) groups is 1. The predicted octanol–water partition coefficient (Wildman–Crippen LogP) is 14.1. The maximum atomic E-state index is 14.3. The number of ether oxygens (including phenoxy) is 4. The van der Waals surface area contributed by atoms with E-state index in [1.54, 1.807) is 0 Å². The summed E-state index contributed by atoms with van der Waals surface area (Å²) < 4.78 is 177. The van der Waals surface area contributed by atoms with Crippen molar-refractivity contribution >= 4 is 65.6 Å². The topological polar surface area (TPSA) is 180 Å². The fourth-order valence-electron chi connectivity index (χ4n) is 5.54. The summed E-state index contributed by atoms with van der Waals surface area (Å²) in [6, 6.07) is 22.9. The second-order valence-corrected chi connectivity index (χ2v) is 17.3. The van der Waals surface area contributed by atoms with Gasteiger partial charge in [-0.3, -0.25) is 14.7 Å². The van der Waals surface area contributed by atoms with Crippen molar-refractivity contribution in [2.75, 3.05) is 32.6 Å². The zero-order chi connectivity index (χ0) is 60.5. The Kier molecular flexibility index (Phi) is 33.1. The molecule has 0 spiro atoms. The first-order chi connectivity index (χ1) is 37.7. The monoisotopic (exact) mass is 1340 g/mol. The van der Waals surface area contributed by atoms with Gasteiger partial charge in [-0.05, 0) is 121 Å². The molecule has 80 heavy (non-hydrogen) atoms. The minimum absolute atomic E-state index is 0.0186. The number of nitrogens with zero attached hydrogens (tertiary/aromatic N) is 3. The van der Waals surface area contributed by atoms with Gasteiger partial charge in [-0.25, -0.2) is 18.2 Å². The molecule has 1 amide bonds. The molecule has 7 N–H and O–H groups in total. The molecule has 1 atom stereocenters. The number of benzene rings is 5. The molecule has 0 aromatic heterocycles. The summed E-state index contributed by atoms with van der Waals surface area (Å²) in [6.07, 6.45) is 2.37. The number of amides is 1. The Labute approximate surface area is 475 Å². The first-order valence-electron chi connectivity index (χ1n) is 22.1. The highest BCUT2D eigenvalue weighted by atomic mass is 79.9. The molecule has 28 heteroatoms. The first kappa shape index (κ1) is 70.6. The normalized spacial score (nSPS) is 12.7. The van der Waals surface area contributed by atoms with E-state index in [9.17, 15) is 61.9 Å². The molecule has 0 radical (unpaired) electrons. The molecule has 1 aliphatic heterocycles. The van der Waals surface area contributed by atoms with Gasteiger partial charge < -0.3 is 41.3 Å². The zero-order valence-corrected chi connectivity index (χ0v) is 46.4. The molecule has 1 heterocycles. The lowest BCUT2D eigenvalue weighted by atomic mass is 9.82. The van der Waals surface area contributed by atoms with E-state index in [1.807, 2.05) is 0 Å². The molecule has 0 saturated heterocycles. The van der Waals surface area contributed by atoms with Crippen LogP contribution < -0.4 is 36.1 Å². The number of carbonyl (C=O) groups excluding carboxylic acids is 1. The van der Waals surface area contributed by atoms with Gasteiger partial charge in [-0.2, -0.15) is 43.9 Å². The Bertz CT molecular complexity index is 2900. The van der Waals surface area contributed by atoms with Crippen LogP contribution in [0.15, 0.2) is 159 Å². The number of likely N-dealkylation sites (N-methyl/N-ethyl adjacent to an activating group) is 1. The van der Waals surface area contributed by atoms with Crippen molar-refractivity contribution in [2.45, 2.75) is 38.0 Å². The van der Waals surface area contributed by atoms with E-state index in [0.717, 1.165) is 23.1 Å². The summed E-state index contributed by atoms with van der Waals surface area (Å²) in [6.45, 7) is -6.03. The summed E-state index contributed by atoms with van der Waals surface area (Å²) in [5.41, 5.74) is 14.8. The lowest BCUT2D eigenvalue weighted by molar-refractivity contribution is -0.129. The van der Waals surface area contributed by atoms with Crippen molar-refractivity contribution in [2.24, 2.45) is 27.2 Å². The maximum absolute atomic E-state index is 14.3. The fraction of sp³-hybridized carbons (Fsp3) is 0.212. The summed E-state index contributed by atoms with van der Waals surface area (Å²) in [5.74, 6) is -0.643. The molecule has 0 fully saturated rings. The van der Waals surface area contributed by atoms with Crippen LogP contribution in [0.2, 0.25) is 0 Å². The number of hydrogen-bond donors (Lipinski definition) is 4. The summed E-state index contributed by atoms with van der Waals surface area (Å²) >= 11 is 9.22. The molecular formula is C52H48Br3F13N6O6. The number of allylic oxidation sites excluding steroid dienone is 1. The van der Waals surface area contributed by atoms with Gasteiger partial charge >= 0.3 is 13.2 Å². The van der Waals surface area contributed by atoms with Crippen LogP contribution in [0.1, 0.15) is 36.0 Å². The maximum Gasteiger partial charge on any atom is 0.387 e. The largest absolute Gasteiger partial charge is 0.505 e. The molecule has 1 aliphatic rings. The summed E-state index contributed by atoms with van der Waals surface area (Å²) in [4.78, 5) is 21.9. The minimum Gasteiger partial charge on any atom is -0.505 e. The number of nitrogens with two attached hydrogens (primary N) is 3. The summed E-state index contributed by atoms with van der Waals surface area (Å²) in [7, 11) is 2.94.